The van der Waals surface area contributed by atoms with Crippen LogP contribution in [0.5, 0.6) is 0 Å². The molecule has 3 heterocycles. The maximum absolute atomic E-state index is 13.4. The molecule has 32 heavy (non-hydrogen) atoms. The summed E-state index contributed by atoms with van der Waals surface area (Å²) in [5.74, 6) is 0.128. The molecule has 164 valence electrons. The highest BCUT2D eigenvalue weighted by atomic mass is 19.1. The fourth-order valence-corrected chi connectivity index (χ4v) is 4.91. The van der Waals surface area contributed by atoms with Gasteiger partial charge in [-0.25, -0.2) is 9.45 Å². The van der Waals surface area contributed by atoms with Crippen LogP contribution in [0.15, 0.2) is 42.9 Å². The van der Waals surface area contributed by atoms with E-state index in [2.05, 4.69) is 16.2 Å². The van der Waals surface area contributed by atoms with Gasteiger partial charge in [-0.05, 0) is 61.4 Å². The molecule has 1 aromatic carbocycles. The van der Waals surface area contributed by atoms with Crippen molar-refractivity contribution in [2.45, 2.75) is 44.7 Å². The van der Waals surface area contributed by atoms with Crippen molar-refractivity contribution in [3.63, 3.8) is 0 Å². The van der Waals surface area contributed by atoms with Gasteiger partial charge in [0.05, 0.1) is 29.9 Å². The molecule has 0 unspecified atom stereocenters. The van der Waals surface area contributed by atoms with Crippen LogP contribution < -0.4 is 0 Å². The number of halogens is 1. The number of rotatable bonds is 4. The van der Waals surface area contributed by atoms with Crippen molar-refractivity contribution < 1.29 is 14.0 Å². The molecular weight excluding hydrogens is 409 g/mol. The lowest BCUT2D eigenvalue weighted by Gasteiger charge is -2.32. The summed E-state index contributed by atoms with van der Waals surface area (Å²) < 4.78 is 15.4. The second-order valence-corrected chi connectivity index (χ2v) is 8.67. The minimum Gasteiger partial charge on any atom is -0.272 e. The summed E-state index contributed by atoms with van der Waals surface area (Å²) in [6.45, 7) is 1.25. The highest BCUT2D eigenvalue weighted by Gasteiger charge is 2.37. The maximum atomic E-state index is 13.4. The number of nitriles is 1. The zero-order valence-electron chi connectivity index (χ0n) is 17.7. The van der Waals surface area contributed by atoms with Gasteiger partial charge in [-0.1, -0.05) is 0 Å². The van der Waals surface area contributed by atoms with Crippen LogP contribution in [0.4, 0.5) is 4.39 Å². The van der Waals surface area contributed by atoms with Crippen molar-refractivity contribution in [3.05, 3.63) is 59.8 Å². The summed E-state index contributed by atoms with van der Waals surface area (Å²) in [7, 11) is 0. The molecule has 8 heteroatoms. The first-order valence-corrected chi connectivity index (χ1v) is 11.0. The number of benzene rings is 1. The third-order valence-electron chi connectivity index (χ3n) is 6.63. The van der Waals surface area contributed by atoms with Crippen LogP contribution in [0.1, 0.15) is 49.3 Å². The van der Waals surface area contributed by atoms with Gasteiger partial charge < -0.3 is 0 Å². The zero-order chi connectivity index (χ0) is 22.1. The van der Waals surface area contributed by atoms with E-state index in [1.54, 1.807) is 24.5 Å². The van der Waals surface area contributed by atoms with E-state index in [-0.39, 0.29) is 23.7 Å². The van der Waals surface area contributed by atoms with Crippen LogP contribution in [0.25, 0.3) is 10.9 Å². The van der Waals surface area contributed by atoms with E-state index in [1.807, 2.05) is 4.68 Å². The van der Waals surface area contributed by atoms with Gasteiger partial charge in [0.15, 0.2) is 0 Å². The molecule has 2 fully saturated rings. The fraction of sp³-hybridized carbons (Fsp3) is 0.417. The highest BCUT2D eigenvalue weighted by Crippen LogP contribution is 2.36. The number of hydrogen-bond acceptors (Lipinski definition) is 5. The molecule has 7 nitrogen and oxygen atoms in total. The Morgan fingerprint density at radius 3 is 2.81 bits per heavy atom. The molecule has 1 amide bonds. The third kappa shape index (κ3) is 3.96. The molecule has 0 bridgehead atoms. The Kier molecular flexibility index (Phi) is 5.58. The van der Waals surface area contributed by atoms with E-state index in [9.17, 15) is 9.18 Å². The number of fused-ring (bicyclic) bond motifs is 1. The fourth-order valence-electron chi connectivity index (χ4n) is 4.91. The number of amides is 1. The summed E-state index contributed by atoms with van der Waals surface area (Å²) in [4.78, 5) is 23.1. The van der Waals surface area contributed by atoms with Gasteiger partial charge in [0.2, 0.25) is 5.91 Å². The molecule has 2 aromatic heterocycles. The average molecular weight is 433 g/mol. The lowest BCUT2D eigenvalue weighted by Crippen LogP contribution is -2.37. The summed E-state index contributed by atoms with van der Waals surface area (Å²) in [5.41, 5.74) is 2.26. The van der Waals surface area contributed by atoms with E-state index in [1.165, 1.54) is 23.4 Å². The molecular formula is C24H24FN5O2. The van der Waals surface area contributed by atoms with E-state index < -0.39 is 0 Å². The number of pyridine rings is 1. The largest absolute Gasteiger partial charge is 0.272 e. The van der Waals surface area contributed by atoms with Crippen molar-refractivity contribution in [1.82, 2.24) is 19.8 Å². The number of carbonyl (C=O) groups is 1. The van der Waals surface area contributed by atoms with Gasteiger partial charge in [0, 0.05) is 36.7 Å². The zero-order valence-corrected chi connectivity index (χ0v) is 17.7. The minimum absolute atomic E-state index is 0.0216. The minimum atomic E-state index is -0.256. The van der Waals surface area contributed by atoms with E-state index in [0.717, 1.165) is 48.7 Å². The van der Waals surface area contributed by atoms with Crippen LogP contribution in [0, 0.1) is 29.0 Å². The van der Waals surface area contributed by atoms with Crippen molar-refractivity contribution >= 4 is 16.8 Å². The summed E-state index contributed by atoms with van der Waals surface area (Å²) in [6, 6.07) is 8.42. The van der Waals surface area contributed by atoms with Crippen LogP contribution in [-0.4, -0.2) is 32.3 Å². The molecule has 5 rings (SSSR count). The Bertz CT molecular complexity index is 1180. The van der Waals surface area contributed by atoms with Gasteiger partial charge in [-0.15, -0.1) is 0 Å². The second-order valence-electron chi connectivity index (χ2n) is 8.67. The third-order valence-corrected chi connectivity index (χ3v) is 6.63. The second kappa shape index (κ2) is 8.67. The number of hydroxylamine groups is 2. The number of hydrogen-bond donors (Lipinski definition) is 0. The molecule has 1 aliphatic heterocycles. The summed E-state index contributed by atoms with van der Waals surface area (Å²) in [6.07, 6.45) is 9.11. The van der Waals surface area contributed by atoms with Gasteiger partial charge in [0.25, 0.3) is 0 Å². The van der Waals surface area contributed by atoms with E-state index in [0.29, 0.717) is 24.5 Å². The topological polar surface area (TPSA) is 84.0 Å². The standard InChI is InChI=1S/C24H24FN5O2/c25-21-5-6-22-20(10-21)14-28-29(22)15-16-1-3-18(4-2-16)24(31)30-23(7-8-32-30)19-9-17(11-26)12-27-13-19/h5-6,9-10,12-14,16,18,23H,1-4,7-8,15H2/t16?,18?,23-/m0/s1. The molecule has 0 N–H and O–H groups in total. The lowest BCUT2D eigenvalue weighted by atomic mass is 9.81. The Hall–Kier alpha value is -3.31. The normalized spacial score (nSPS) is 23.4. The van der Waals surface area contributed by atoms with E-state index in [4.69, 9.17) is 10.1 Å². The number of carbonyl (C=O) groups excluding carboxylic acids is 1. The smallest absolute Gasteiger partial charge is 0.249 e. The van der Waals surface area contributed by atoms with Gasteiger partial charge in [-0.2, -0.15) is 10.4 Å². The Morgan fingerprint density at radius 1 is 1.16 bits per heavy atom. The van der Waals surface area contributed by atoms with Gasteiger partial charge >= 0.3 is 0 Å². The monoisotopic (exact) mass is 433 g/mol. The average Bonchev–Trinajstić information content (AvgIpc) is 3.46. The van der Waals surface area contributed by atoms with Crippen molar-refractivity contribution in [1.29, 1.82) is 5.26 Å². The Balaban J connectivity index is 1.22. The molecule has 1 saturated carbocycles. The van der Waals surface area contributed by atoms with Crippen molar-refractivity contribution in [2.75, 3.05) is 6.61 Å². The molecule has 0 spiro atoms. The first kappa shape index (κ1) is 20.6. The van der Waals surface area contributed by atoms with Crippen LogP contribution in [0.3, 0.4) is 0 Å². The van der Waals surface area contributed by atoms with Crippen molar-refractivity contribution in [3.8, 4) is 6.07 Å². The predicted octanol–water partition coefficient (Wildman–Crippen LogP) is 4.15. The van der Waals surface area contributed by atoms with Crippen molar-refractivity contribution in [2.24, 2.45) is 11.8 Å². The van der Waals surface area contributed by atoms with Crippen LogP contribution >= 0.6 is 0 Å². The Labute approximate surface area is 185 Å². The lowest BCUT2D eigenvalue weighted by molar-refractivity contribution is -0.183. The summed E-state index contributed by atoms with van der Waals surface area (Å²) in [5, 5.41) is 15.9. The van der Waals surface area contributed by atoms with Gasteiger partial charge in [0.1, 0.15) is 11.9 Å². The molecule has 1 saturated heterocycles. The van der Waals surface area contributed by atoms with Crippen LogP contribution in [-0.2, 0) is 16.2 Å². The SMILES string of the molecule is N#Cc1cncc([C@@H]2CCON2C(=O)C2CCC(Cn3ncc4cc(F)ccc43)CC2)c1. The Morgan fingerprint density at radius 2 is 2.00 bits per heavy atom. The molecule has 0 radical (unpaired) electrons. The number of nitrogens with zero attached hydrogens (tertiary/aromatic N) is 5. The highest BCUT2D eigenvalue weighted by molar-refractivity contribution is 5.79. The molecule has 2 aliphatic rings. The summed E-state index contributed by atoms with van der Waals surface area (Å²) >= 11 is 0. The maximum Gasteiger partial charge on any atom is 0.249 e. The van der Waals surface area contributed by atoms with E-state index >= 15 is 0 Å². The predicted molar refractivity (Wildman–Crippen MR) is 114 cm³/mol. The van der Waals surface area contributed by atoms with Crippen LogP contribution in [0.2, 0.25) is 0 Å². The molecule has 1 aliphatic carbocycles. The number of aromatic nitrogens is 3. The quantitative estimate of drug-likeness (QED) is 0.617. The van der Waals surface area contributed by atoms with Gasteiger partial charge in [-0.3, -0.25) is 19.3 Å². The molecule has 3 aromatic rings. The first-order chi connectivity index (χ1) is 15.6. The molecule has 1 atom stereocenters. The first-order valence-electron chi connectivity index (χ1n) is 11.0.